The van der Waals surface area contributed by atoms with Crippen molar-refractivity contribution in [1.29, 1.82) is 0 Å². The maximum Gasteiger partial charge on any atom is 0.409 e. The lowest BCUT2D eigenvalue weighted by Crippen LogP contribution is -2.50. The first kappa shape index (κ1) is 18.0. The summed E-state index contributed by atoms with van der Waals surface area (Å²) in [5.41, 5.74) is 0.849. The van der Waals surface area contributed by atoms with Gasteiger partial charge in [0.05, 0.1) is 7.11 Å². The number of aromatic nitrogens is 3. The van der Waals surface area contributed by atoms with Crippen LogP contribution in [0.25, 0.3) is 5.65 Å². The highest BCUT2D eigenvalue weighted by molar-refractivity contribution is 5.80. The molecule has 1 amide bonds. The smallest absolute Gasteiger partial charge is 0.409 e. The lowest BCUT2D eigenvalue weighted by atomic mass is 10.1. The molecule has 2 aromatic heterocycles. The summed E-state index contributed by atoms with van der Waals surface area (Å²) in [6, 6.07) is 6.14. The van der Waals surface area contributed by atoms with E-state index in [-0.39, 0.29) is 12.1 Å². The van der Waals surface area contributed by atoms with Gasteiger partial charge in [-0.2, -0.15) is 0 Å². The number of hydrogen-bond acceptors (Lipinski definition) is 5. The molecular weight excluding hydrogens is 334 g/mol. The Kier molecular flexibility index (Phi) is 5.88. The van der Waals surface area contributed by atoms with Crippen LogP contribution in [0, 0.1) is 0 Å². The fourth-order valence-corrected chi connectivity index (χ4v) is 3.08. The number of rotatable bonds is 4. The highest BCUT2D eigenvalue weighted by atomic mass is 16.5. The van der Waals surface area contributed by atoms with E-state index in [1.807, 2.05) is 28.8 Å². The molecule has 140 valence electrons. The van der Waals surface area contributed by atoms with E-state index >= 15 is 0 Å². The maximum absolute atomic E-state index is 11.5. The number of carbonyl (C=O) groups is 1. The number of fused-ring (bicyclic) bond motifs is 1. The number of pyridine rings is 1. The summed E-state index contributed by atoms with van der Waals surface area (Å²) in [7, 11) is 3.17. The van der Waals surface area contributed by atoms with Crippen molar-refractivity contribution in [2.45, 2.75) is 25.3 Å². The SMILES string of the molecule is CN=C(NCCc1nnc2ccccn12)NC1CCN(C(=O)OC)CC1. The van der Waals surface area contributed by atoms with Gasteiger partial charge in [-0.05, 0) is 25.0 Å². The molecule has 0 saturated carbocycles. The summed E-state index contributed by atoms with van der Waals surface area (Å²) < 4.78 is 6.75. The van der Waals surface area contributed by atoms with Crippen molar-refractivity contribution in [1.82, 2.24) is 30.1 Å². The molecule has 1 fully saturated rings. The van der Waals surface area contributed by atoms with Crippen LogP contribution in [0.2, 0.25) is 0 Å². The first-order chi connectivity index (χ1) is 12.7. The summed E-state index contributed by atoms with van der Waals surface area (Å²) in [4.78, 5) is 17.5. The number of methoxy groups -OCH3 is 1. The van der Waals surface area contributed by atoms with Crippen molar-refractivity contribution in [3.63, 3.8) is 0 Å². The topological polar surface area (TPSA) is 96.1 Å². The number of nitrogens with zero attached hydrogens (tertiary/aromatic N) is 5. The molecule has 9 nitrogen and oxygen atoms in total. The second kappa shape index (κ2) is 8.50. The van der Waals surface area contributed by atoms with Crippen LogP contribution in [0.5, 0.6) is 0 Å². The molecule has 1 aliphatic rings. The number of guanidine groups is 1. The van der Waals surface area contributed by atoms with Crippen LogP contribution in [0.3, 0.4) is 0 Å². The Morgan fingerprint density at radius 2 is 2.15 bits per heavy atom. The molecule has 2 N–H and O–H groups in total. The van der Waals surface area contributed by atoms with E-state index in [0.717, 1.165) is 36.7 Å². The van der Waals surface area contributed by atoms with Gasteiger partial charge in [-0.15, -0.1) is 10.2 Å². The van der Waals surface area contributed by atoms with E-state index in [9.17, 15) is 4.79 Å². The Labute approximate surface area is 152 Å². The Morgan fingerprint density at radius 1 is 1.35 bits per heavy atom. The van der Waals surface area contributed by atoms with E-state index in [1.54, 1.807) is 11.9 Å². The molecule has 26 heavy (non-hydrogen) atoms. The predicted octanol–water partition coefficient (Wildman–Crippen LogP) is 0.668. The van der Waals surface area contributed by atoms with Gasteiger partial charge in [-0.1, -0.05) is 6.07 Å². The molecule has 0 spiro atoms. The van der Waals surface area contributed by atoms with Gasteiger partial charge in [0.2, 0.25) is 0 Å². The highest BCUT2D eigenvalue weighted by Gasteiger charge is 2.23. The van der Waals surface area contributed by atoms with Crippen molar-refractivity contribution >= 4 is 17.7 Å². The largest absolute Gasteiger partial charge is 0.453 e. The van der Waals surface area contributed by atoms with Crippen LogP contribution in [-0.2, 0) is 11.2 Å². The average molecular weight is 359 g/mol. The molecule has 9 heteroatoms. The molecule has 0 aliphatic carbocycles. The number of ether oxygens (including phenoxy) is 1. The van der Waals surface area contributed by atoms with Gasteiger partial charge >= 0.3 is 6.09 Å². The zero-order valence-corrected chi connectivity index (χ0v) is 15.2. The Bertz CT molecular complexity index is 765. The molecule has 1 saturated heterocycles. The van der Waals surface area contributed by atoms with Crippen LogP contribution in [0.15, 0.2) is 29.4 Å². The molecule has 0 atom stereocenters. The lowest BCUT2D eigenvalue weighted by molar-refractivity contribution is 0.111. The summed E-state index contributed by atoms with van der Waals surface area (Å²) >= 11 is 0. The zero-order chi connectivity index (χ0) is 18.4. The van der Waals surface area contributed by atoms with E-state index < -0.39 is 0 Å². The molecule has 1 aliphatic heterocycles. The van der Waals surface area contributed by atoms with Gasteiger partial charge in [0.1, 0.15) is 5.82 Å². The molecule has 0 bridgehead atoms. The number of hydrogen-bond donors (Lipinski definition) is 2. The Balaban J connectivity index is 1.45. The third-order valence-electron chi connectivity index (χ3n) is 4.52. The lowest BCUT2D eigenvalue weighted by Gasteiger charge is -2.32. The normalized spacial score (nSPS) is 15.9. The molecule has 3 rings (SSSR count). The van der Waals surface area contributed by atoms with Crippen molar-refractivity contribution in [2.24, 2.45) is 4.99 Å². The fraction of sp³-hybridized carbons (Fsp3) is 0.529. The standard InChI is InChI=1S/C17H25N7O2/c1-18-16(20-13-7-11-23(12-8-13)17(25)26-2)19-9-6-15-22-21-14-5-3-4-10-24(14)15/h3-5,10,13H,6-9,11-12H2,1-2H3,(H2,18,19,20). The number of carbonyl (C=O) groups excluding carboxylic acids is 1. The minimum absolute atomic E-state index is 0.258. The number of aliphatic imine (C=N–C) groups is 1. The number of nitrogens with one attached hydrogen (secondary N) is 2. The summed E-state index contributed by atoms with van der Waals surface area (Å²) in [6.45, 7) is 2.08. The molecule has 3 heterocycles. The predicted molar refractivity (Wildman–Crippen MR) is 98.2 cm³/mol. The van der Waals surface area contributed by atoms with Crippen molar-refractivity contribution in [3.8, 4) is 0 Å². The highest BCUT2D eigenvalue weighted by Crippen LogP contribution is 2.11. The summed E-state index contributed by atoms with van der Waals surface area (Å²) in [5, 5.41) is 15.1. The fourth-order valence-electron chi connectivity index (χ4n) is 3.08. The summed E-state index contributed by atoms with van der Waals surface area (Å²) in [5.74, 6) is 1.67. The first-order valence-corrected chi connectivity index (χ1v) is 8.80. The zero-order valence-electron chi connectivity index (χ0n) is 15.2. The minimum Gasteiger partial charge on any atom is -0.453 e. The second-order valence-corrected chi connectivity index (χ2v) is 6.17. The van der Waals surface area contributed by atoms with Gasteiger partial charge in [-0.3, -0.25) is 9.39 Å². The van der Waals surface area contributed by atoms with Crippen molar-refractivity contribution in [2.75, 3.05) is 33.8 Å². The Morgan fingerprint density at radius 3 is 2.88 bits per heavy atom. The van der Waals surface area contributed by atoms with Gasteiger partial charge < -0.3 is 20.3 Å². The van der Waals surface area contributed by atoms with Crippen LogP contribution in [-0.4, -0.2) is 71.4 Å². The van der Waals surface area contributed by atoms with Gasteiger partial charge in [-0.25, -0.2) is 4.79 Å². The first-order valence-electron chi connectivity index (χ1n) is 8.80. The van der Waals surface area contributed by atoms with Crippen molar-refractivity contribution in [3.05, 3.63) is 30.2 Å². The monoisotopic (exact) mass is 359 g/mol. The van der Waals surface area contributed by atoms with Crippen LogP contribution in [0.4, 0.5) is 4.79 Å². The molecular formula is C17H25N7O2. The van der Waals surface area contributed by atoms with E-state index in [2.05, 4.69) is 25.8 Å². The maximum atomic E-state index is 11.5. The van der Waals surface area contributed by atoms with Gasteiger partial charge in [0.25, 0.3) is 0 Å². The van der Waals surface area contributed by atoms with Crippen LogP contribution in [0.1, 0.15) is 18.7 Å². The van der Waals surface area contributed by atoms with Gasteiger partial charge in [0, 0.05) is 45.3 Å². The second-order valence-electron chi connectivity index (χ2n) is 6.17. The number of amides is 1. The van der Waals surface area contributed by atoms with Crippen LogP contribution >= 0.6 is 0 Å². The number of likely N-dealkylation sites (tertiary alicyclic amines) is 1. The molecule has 0 radical (unpaired) electrons. The molecule has 0 unspecified atom stereocenters. The minimum atomic E-state index is -0.258. The van der Waals surface area contributed by atoms with E-state index in [0.29, 0.717) is 19.6 Å². The number of piperidine rings is 1. The molecule has 2 aromatic rings. The van der Waals surface area contributed by atoms with E-state index in [1.165, 1.54) is 7.11 Å². The van der Waals surface area contributed by atoms with Crippen molar-refractivity contribution < 1.29 is 9.53 Å². The quantitative estimate of drug-likeness (QED) is 0.615. The average Bonchev–Trinajstić information content (AvgIpc) is 3.10. The van der Waals surface area contributed by atoms with Crippen LogP contribution < -0.4 is 10.6 Å². The third kappa shape index (κ3) is 4.22. The van der Waals surface area contributed by atoms with Gasteiger partial charge in [0.15, 0.2) is 11.6 Å². The third-order valence-corrected chi connectivity index (χ3v) is 4.52. The molecule has 0 aromatic carbocycles. The summed E-state index contributed by atoms with van der Waals surface area (Å²) in [6.07, 6.45) is 4.18. The Hall–Kier alpha value is -2.84. The van der Waals surface area contributed by atoms with E-state index in [4.69, 9.17) is 4.74 Å².